The number of aromatic nitrogens is 3. The van der Waals surface area contributed by atoms with Gasteiger partial charge in [-0.1, -0.05) is 53.5 Å². The fourth-order valence-electron chi connectivity index (χ4n) is 3.72. The molecule has 10 heteroatoms. The molecule has 1 aromatic carbocycles. The van der Waals surface area contributed by atoms with Crippen LogP contribution in [0.15, 0.2) is 42.6 Å². The molecule has 172 valence electrons. The number of aryl methyl sites for hydroxylation is 1. The van der Waals surface area contributed by atoms with Crippen LogP contribution in [0.25, 0.3) is 0 Å². The molecule has 1 atom stereocenters. The molecule has 2 aromatic heterocycles. The minimum Gasteiger partial charge on any atom is -0.347 e. The minimum absolute atomic E-state index is 0.173. The van der Waals surface area contributed by atoms with E-state index in [1.807, 2.05) is 37.4 Å². The zero-order valence-corrected chi connectivity index (χ0v) is 19.6. The summed E-state index contributed by atoms with van der Waals surface area (Å²) in [5.74, 6) is -0.244. The summed E-state index contributed by atoms with van der Waals surface area (Å²) >= 11 is 11.9. The number of aromatic amines is 1. The number of rotatable bonds is 8. The second-order valence-corrected chi connectivity index (χ2v) is 8.83. The van der Waals surface area contributed by atoms with Gasteiger partial charge in [0.15, 0.2) is 0 Å². The van der Waals surface area contributed by atoms with Crippen LogP contribution in [0.5, 0.6) is 0 Å². The van der Waals surface area contributed by atoms with Crippen LogP contribution in [0, 0.1) is 0 Å². The minimum atomic E-state index is -0.765. The van der Waals surface area contributed by atoms with Crippen molar-refractivity contribution in [2.75, 3.05) is 7.05 Å². The number of carbonyl (C=O) groups excluding carboxylic acids is 2. The van der Waals surface area contributed by atoms with Crippen molar-refractivity contribution in [3.05, 3.63) is 81.1 Å². The first kappa shape index (κ1) is 23.2. The van der Waals surface area contributed by atoms with Crippen molar-refractivity contribution in [3.8, 4) is 0 Å². The summed E-state index contributed by atoms with van der Waals surface area (Å²) in [6.07, 6.45) is 2.84. The number of hydrogen-bond acceptors (Lipinski definition) is 5. The van der Waals surface area contributed by atoms with Crippen molar-refractivity contribution in [2.24, 2.45) is 0 Å². The Morgan fingerprint density at radius 1 is 1.21 bits per heavy atom. The van der Waals surface area contributed by atoms with E-state index in [9.17, 15) is 9.59 Å². The standard InChI is InChI=1S/C23H24Cl2N6O2/c1-31-12-15-10-26-20(28-19(15)13-31)11-27-22(32)17(8-7-14-5-3-2-4-6-14)30-23(33)18-9-16(24)21(25)29-18/h2-6,9-10,17,29H,7-8,11-13H2,1H3,(H,27,32)(H,30,33)/t17-/m0/s1. The Kier molecular flexibility index (Phi) is 7.27. The highest BCUT2D eigenvalue weighted by atomic mass is 35.5. The average molecular weight is 487 g/mol. The number of nitrogens with zero attached hydrogens (tertiary/aromatic N) is 3. The molecule has 0 fully saturated rings. The van der Waals surface area contributed by atoms with E-state index in [1.165, 1.54) is 6.07 Å². The topological polar surface area (TPSA) is 103 Å². The van der Waals surface area contributed by atoms with Crippen molar-refractivity contribution in [2.45, 2.75) is 38.5 Å². The van der Waals surface area contributed by atoms with E-state index in [1.54, 1.807) is 6.20 Å². The predicted molar refractivity (Wildman–Crippen MR) is 126 cm³/mol. The van der Waals surface area contributed by atoms with E-state index in [-0.39, 0.29) is 28.3 Å². The van der Waals surface area contributed by atoms with E-state index >= 15 is 0 Å². The first-order valence-corrected chi connectivity index (χ1v) is 11.3. The molecule has 3 heterocycles. The van der Waals surface area contributed by atoms with E-state index in [0.29, 0.717) is 18.7 Å². The molecule has 1 aliphatic heterocycles. The van der Waals surface area contributed by atoms with Gasteiger partial charge in [-0.15, -0.1) is 0 Å². The van der Waals surface area contributed by atoms with Crippen molar-refractivity contribution < 1.29 is 9.59 Å². The molecule has 0 radical (unpaired) electrons. The molecular weight excluding hydrogens is 463 g/mol. The van der Waals surface area contributed by atoms with E-state index in [2.05, 4.69) is 30.5 Å². The van der Waals surface area contributed by atoms with E-state index in [4.69, 9.17) is 23.2 Å². The van der Waals surface area contributed by atoms with Gasteiger partial charge < -0.3 is 15.6 Å². The lowest BCUT2D eigenvalue weighted by molar-refractivity contribution is -0.123. The SMILES string of the molecule is CN1Cc2cnc(CNC(=O)[C@H](CCc3ccccc3)NC(=O)c3cc(Cl)c(Cl)[nH]3)nc2C1. The highest BCUT2D eigenvalue weighted by Gasteiger charge is 2.23. The number of H-pyrrole nitrogens is 1. The van der Waals surface area contributed by atoms with Gasteiger partial charge >= 0.3 is 0 Å². The number of benzene rings is 1. The van der Waals surface area contributed by atoms with Crippen LogP contribution in [0.4, 0.5) is 0 Å². The highest BCUT2D eigenvalue weighted by molar-refractivity contribution is 6.41. The third-order valence-corrected chi connectivity index (χ3v) is 6.13. The molecule has 0 saturated carbocycles. The summed E-state index contributed by atoms with van der Waals surface area (Å²) in [7, 11) is 2.02. The van der Waals surface area contributed by atoms with Gasteiger partial charge in [0.05, 0.1) is 17.3 Å². The summed E-state index contributed by atoms with van der Waals surface area (Å²) in [5.41, 5.74) is 3.34. The third kappa shape index (κ3) is 5.90. The lowest BCUT2D eigenvalue weighted by Gasteiger charge is -2.18. The highest BCUT2D eigenvalue weighted by Crippen LogP contribution is 2.22. The predicted octanol–water partition coefficient (Wildman–Crippen LogP) is 3.10. The number of halogens is 2. The van der Waals surface area contributed by atoms with Crippen molar-refractivity contribution in [1.29, 1.82) is 0 Å². The Morgan fingerprint density at radius 2 is 2.00 bits per heavy atom. The summed E-state index contributed by atoms with van der Waals surface area (Å²) in [6, 6.07) is 10.4. The number of carbonyl (C=O) groups is 2. The number of amides is 2. The fourth-order valence-corrected chi connectivity index (χ4v) is 4.03. The number of nitrogens with one attached hydrogen (secondary N) is 3. The molecule has 3 aromatic rings. The van der Waals surface area contributed by atoms with E-state index in [0.717, 1.165) is 29.9 Å². The molecule has 3 N–H and O–H groups in total. The Morgan fingerprint density at radius 3 is 2.73 bits per heavy atom. The smallest absolute Gasteiger partial charge is 0.268 e. The molecule has 0 bridgehead atoms. The Hall–Kier alpha value is -2.94. The quantitative estimate of drug-likeness (QED) is 0.453. The van der Waals surface area contributed by atoms with Crippen molar-refractivity contribution in [1.82, 2.24) is 30.5 Å². The lowest BCUT2D eigenvalue weighted by Crippen LogP contribution is -2.47. The van der Waals surface area contributed by atoms with E-state index < -0.39 is 11.9 Å². The van der Waals surface area contributed by atoms with Crippen LogP contribution in [0.1, 0.15) is 39.6 Å². The van der Waals surface area contributed by atoms with Gasteiger partial charge in [-0.05, 0) is 31.5 Å². The van der Waals surface area contributed by atoms with Crippen LogP contribution in [0.3, 0.4) is 0 Å². The van der Waals surface area contributed by atoms with Crippen LogP contribution < -0.4 is 10.6 Å². The molecule has 8 nitrogen and oxygen atoms in total. The van der Waals surface area contributed by atoms with Crippen LogP contribution in [-0.4, -0.2) is 44.8 Å². The molecule has 0 aliphatic carbocycles. The largest absolute Gasteiger partial charge is 0.347 e. The van der Waals surface area contributed by atoms with Crippen LogP contribution in [0.2, 0.25) is 10.2 Å². The monoisotopic (exact) mass is 486 g/mol. The first-order chi connectivity index (χ1) is 15.9. The molecule has 0 saturated heterocycles. The molecule has 2 amide bonds. The van der Waals surface area contributed by atoms with Gasteiger partial charge in [-0.2, -0.15) is 0 Å². The summed E-state index contributed by atoms with van der Waals surface area (Å²) in [4.78, 5) is 39.5. The molecule has 33 heavy (non-hydrogen) atoms. The number of fused-ring (bicyclic) bond motifs is 1. The molecule has 1 aliphatic rings. The summed E-state index contributed by atoms with van der Waals surface area (Å²) < 4.78 is 0. The maximum absolute atomic E-state index is 13.0. The summed E-state index contributed by atoms with van der Waals surface area (Å²) in [5, 5.41) is 6.05. The second-order valence-electron chi connectivity index (χ2n) is 8.04. The molecule has 4 rings (SSSR count). The van der Waals surface area contributed by atoms with Crippen LogP contribution in [-0.2, 0) is 30.8 Å². The third-order valence-electron chi connectivity index (χ3n) is 5.44. The lowest BCUT2D eigenvalue weighted by atomic mass is 10.0. The summed E-state index contributed by atoms with van der Waals surface area (Å²) in [6.45, 7) is 1.76. The Bertz CT molecular complexity index is 1130. The normalized spacial score (nSPS) is 14.0. The van der Waals surface area contributed by atoms with Crippen LogP contribution >= 0.6 is 23.2 Å². The molecule has 0 spiro atoms. The van der Waals surface area contributed by atoms with Gasteiger partial charge in [0.1, 0.15) is 22.7 Å². The average Bonchev–Trinajstić information content (AvgIpc) is 3.35. The zero-order chi connectivity index (χ0) is 23.4. The maximum atomic E-state index is 13.0. The second kappa shape index (κ2) is 10.3. The van der Waals surface area contributed by atoms with Gasteiger partial charge in [0.2, 0.25) is 5.91 Å². The van der Waals surface area contributed by atoms with Gasteiger partial charge in [0.25, 0.3) is 5.91 Å². The Balaban J connectivity index is 1.42. The maximum Gasteiger partial charge on any atom is 0.268 e. The fraction of sp³-hybridized carbons (Fsp3) is 0.304. The van der Waals surface area contributed by atoms with Crippen molar-refractivity contribution in [3.63, 3.8) is 0 Å². The van der Waals surface area contributed by atoms with Crippen molar-refractivity contribution >= 4 is 35.0 Å². The molecular formula is C23H24Cl2N6O2. The zero-order valence-electron chi connectivity index (χ0n) is 18.1. The Labute approximate surface area is 201 Å². The number of hydrogen-bond donors (Lipinski definition) is 3. The molecule has 0 unspecified atom stereocenters. The van der Waals surface area contributed by atoms with Gasteiger partial charge in [-0.3, -0.25) is 14.5 Å². The van der Waals surface area contributed by atoms with Gasteiger partial charge in [0, 0.05) is 24.8 Å². The van der Waals surface area contributed by atoms with Gasteiger partial charge in [-0.25, -0.2) is 9.97 Å². The first-order valence-electron chi connectivity index (χ1n) is 10.6.